The van der Waals surface area contributed by atoms with Crippen molar-refractivity contribution >= 4 is 16.8 Å². The highest BCUT2D eigenvalue weighted by atomic mass is 19.1. The summed E-state index contributed by atoms with van der Waals surface area (Å²) in [5.74, 6) is -0.0293. The molecule has 1 heterocycles. The van der Waals surface area contributed by atoms with Gasteiger partial charge in [-0.1, -0.05) is 51.1 Å². The Bertz CT molecular complexity index is 943. The van der Waals surface area contributed by atoms with Gasteiger partial charge in [0.25, 0.3) is 0 Å². The van der Waals surface area contributed by atoms with Gasteiger partial charge in [0, 0.05) is 35.5 Å². The number of aryl methyl sites for hydroxylation is 1. The number of amides is 1. The molecule has 0 saturated carbocycles. The topological polar surface area (TPSA) is 44.9 Å². The number of carbonyl (C=O) groups is 1. The van der Waals surface area contributed by atoms with Crippen LogP contribution in [0.4, 0.5) is 4.39 Å². The fourth-order valence-electron chi connectivity index (χ4n) is 3.59. The van der Waals surface area contributed by atoms with Crippen LogP contribution in [0, 0.1) is 11.7 Å². The van der Waals surface area contributed by atoms with Crippen molar-refractivity contribution in [1.29, 1.82) is 0 Å². The number of hydrogen-bond donors (Lipinski definition) is 2. The van der Waals surface area contributed by atoms with Crippen LogP contribution in [0.25, 0.3) is 10.9 Å². The molecule has 2 unspecified atom stereocenters. The Morgan fingerprint density at radius 1 is 1.11 bits per heavy atom. The van der Waals surface area contributed by atoms with E-state index in [4.69, 9.17) is 0 Å². The average molecular weight is 381 g/mol. The maximum atomic E-state index is 13.5. The van der Waals surface area contributed by atoms with Crippen molar-refractivity contribution < 1.29 is 9.18 Å². The summed E-state index contributed by atoms with van der Waals surface area (Å²) >= 11 is 0. The Kier molecular flexibility index (Phi) is 6.18. The van der Waals surface area contributed by atoms with Gasteiger partial charge in [0.1, 0.15) is 5.82 Å². The summed E-state index contributed by atoms with van der Waals surface area (Å²) in [7, 11) is 0. The molecule has 3 aromatic rings. The highest BCUT2D eigenvalue weighted by molar-refractivity contribution is 5.88. The molecule has 148 valence electrons. The second-order valence-electron chi connectivity index (χ2n) is 7.85. The monoisotopic (exact) mass is 380 g/mol. The lowest BCUT2D eigenvalue weighted by atomic mass is 9.87. The third-order valence-electron chi connectivity index (χ3n) is 5.64. The van der Waals surface area contributed by atoms with Crippen LogP contribution in [0.2, 0.25) is 0 Å². The lowest BCUT2D eigenvalue weighted by molar-refractivity contribution is -0.122. The molecule has 0 radical (unpaired) electrons. The van der Waals surface area contributed by atoms with Crippen molar-refractivity contribution in [2.45, 2.75) is 52.5 Å². The van der Waals surface area contributed by atoms with E-state index in [9.17, 15) is 9.18 Å². The summed E-state index contributed by atoms with van der Waals surface area (Å²) in [6.07, 6.45) is 3.26. The zero-order valence-corrected chi connectivity index (χ0v) is 17.1. The standard InChI is InChI=1S/C24H29FN2O/c1-5-17-7-6-8-20-22(14-26-24(17)20)21(18-9-11-19(25)12-10-18)13-23(28)27-16(4)15(2)3/h6-12,14-16,21,26H,5,13H2,1-4H3,(H,27,28). The summed E-state index contributed by atoms with van der Waals surface area (Å²) in [5, 5.41) is 4.22. The van der Waals surface area contributed by atoms with Crippen LogP contribution in [0.5, 0.6) is 0 Å². The lowest BCUT2D eigenvalue weighted by Crippen LogP contribution is -2.36. The Labute approximate surface area is 166 Å². The molecular weight excluding hydrogens is 351 g/mol. The van der Waals surface area contributed by atoms with Crippen molar-refractivity contribution in [2.24, 2.45) is 5.92 Å². The van der Waals surface area contributed by atoms with Crippen LogP contribution in [-0.2, 0) is 11.2 Å². The number of aromatic nitrogens is 1. The minimum absolute atomic E-state index is 0.0107. The van der Waals surface area contributed by atoms with Gasteiger partial charge < -0.3 is 10.3 Å². The number of para-hydroxylation sites is 1. The highest BCUT2D eigenvalue weighted by Gasteiger charge is 2.23. The van der Waals surface area contributed by atoms with Crippen molar-refractivity contribution in [3.05, 3.63) is 71.2 Å². The smallest absolute Gasteiger partial charge is 0.221 e. The van der Waals surface area contributed by atoms with E-state index in [-0.39, 0.29) is 23.7 Å². The first-order valence-electron chi connectivity index (χ1n) is 10.0. The molecule has 3 rings (SSSR count). The molecule has 4 heteroatoms. The maximum Gasteiger partial charge on any atom is 0.221 e. The molecule has 1 aromatic heterocycles. The number of aromatic amines is 1. The molecule has 0 spiro atoms. The summed E-state index contributed by atoms with van der Waals surface area (Å²) in [6.45, 7) is 8.34. The summed E-state index contributed by atoms with van der Waals surface area (Å²) in [4.78, 5) is 16.2. The van der Waals surface area contributed by atoms with E-state index >= 15 is 0 Å². The second-order valence-corrected chi connectivity index (χ2v) is 7.85. The van der Waals surface area contributed by atoms with Gasteiger partial charge in [0.05, 0.1) is 0 Å². The van der Waals surface area contributed by atoms with E-state index < -0.39 is 0 Å². The largest absolute Gasteiger partial charge is 0.361 e. The number of nitrogens with one attached hydrogen (secondary N) is 2. The number of benzene rings is 2. The quantitative estimate of drug-likeness (QED) is 0.554. The zero-order chi connectivity index (χ0) is 20.3. The molecule has 3 nitrogen and oxygen atoms in total. The van der Waals surface area contributed by atoms with Gasteiger partial charge in [-0.15, -0.1) is 0 Å². The fraction of sp³-hybridized carbons (Fsp3) is 0.375. The van der Waals surface area contributed by atoms with E-state index in [0.29, 0.717) is 12.3 Å². The minimum Gasteiger partial charge on any atom is -0.361 e. The zero-order valence-electron chi connectivity index (χ0n) is 17.1. The van der Waals surface area contributed by atoms with E-state index in [1.54, 1.807) is 12.1 Å². The number of hydrogen-bond acceptors (Lipinski definition) is 1. The van der Waals surface area contributed by atoms with Gasteiger partial charge in [0.15, 0.2) is 0 Å². The van der Waals surface area contributed by atoms with Crippen LogP contribution < -0.4 is 5.32 Å². The van der Waals surface area contributed by atoms with E-state index in [1.165, 1.54) is 17.7 Å². The third kappa shape index (κ3) is 4.27. The van der Waals surface area contributed by atoms with Crippen LogP contribution in [0.3, 0.4) is 0 Å². The van der Waals surface area contributed by atoms with Crippen molar-refractivity contribution in [2.75, 3.05) is 0 Å². The van der Waals surface area contributed by atoms with Gasteiger partial charge in [-0.2, -0.15) is 0 Å². The molecule has 0 fully saturated rings. The summed E-state index contributed by atoms with van der Waals surface area (Å²) in [6, 6.07) is 12.9. The number of halogens is 1. The molecule has 0 aliphatic heterocycles. The molecule has 2 aromatic carbocycles. The van der Waals surface area contributed by atoms with Crippen LogP contribution in [0.15, 0.2) is 48.7 Å². The number of carbonyl (C=O) groups excluding carboxylic acids is 1. The first-order valence-corrected chi connectivity index (χ1v) is 10.0. The highest BCUT2D eigenvalue weighted by Crippen LogP contribution is 2.34. The van der Waals surface area contributed by atoms with Gasteiger partial charge >= 0.3 is 0 Å². The molecular formula is C24H29FN2O. The van der Waals surface area contributed by atoms with Gasteiger partial charge in [0.2, 0.25) is 5.91 Å². The van der Waals surface area contributed by atoms with Crippen LogP contribution in [0.1, 0.15) is 56.7 Å². The molecule has 0 aliphatic carbocycles. The Morgan fingerprint density at radius 3 is 2.46 bits per heavy atom. The number of H-pyrrole nitrogens is 1. The molecule has 0 aliphatic rings. The van der Waals surface area contributed by atoms with Crippen LogP contribution in [-0.4, -0.2) is 16.9 Å². The summed E-state index contributed by atoms with van der Waals surface area (Å²) in [5.41, 5.74) is 4.38. The van der Waals surface area contributed by atoms with E-state index in [2.05, 4.69) is 49.3 Å². The normalized spacial score (nSPS) is 13.6. The van der Waals surface area contributed by atoms with Gasteiger partial charge in [-0.05, 0) is 48.1 Å². The molecule has 2 N–H and O–H groups in total. The lowest BCUT2D eigenvalue weighted by Gasteiger charge is -2.21. The van der Waals surface area contributed by atoms with E-state index in [0.717, 1.165) is 28.5 Å². The van der Waals surface area contributed by atoms with Crippen molar-refractivity contribution in [3.63, 3.8) is 0 Å². The number of fused-ring (bicyclic) bond motifs is 1. The predicted octanol–water partition coefficient (Wildman–Crippen LogP) is 5.55. The molecule has 1 amide bonds. The van der Waals surface area contributed by atoms with Gasteiger partial charge in [-0.25, -0.2) is 4.39 Å². The first kappa shape index (κ1) is 20.1. The number of rotatable bonds is 7. The predicted molar refractivity (Wildman–Crippen MR) is 113 cm³/mol. The Morgan fingerprint density at radius 2 is 1.82 bits per heavy atom. The third-order valence-corrected chi connectivity index (χ3v) is 5.64. The maximum absolute atomic E-state index is 13.5. The molecule has 2 atom stereocenters. The fourth-order valence-corrected chi connectivity index (χ4v) is 3.59. The molecule has 0 saturated heterocycles. The second kappa shape index (κ2) is 8.59. The molecule has 0 bridgehead atoms. The summed E-state index contributed by atoms with van der Waals surface area (Å²) < 4.78 is 13.5. The Balaban J connectivity index is 2.00. The van der Waals surface area contributed by atoms with Crippen LogP contribution >= 0.6 is 0 Å². The first-order chi connectivity index (χ1) is 13.4. The van der Waals surface area contributed by atoms with Gasteiger partial charge in [-0.3, -0.25) is 4.79 Å². The van der Waals surface area contributed by atoms with E-state index in [1.807, 2.05) is 13.1 Å². The SMILES string of the molecule is CCc1cccc2c(C(CC(=O)NC(C)C(C)C)c3ccc(F)cc3)c[nH]c12. The minimum atomic E-state index is -0.271. The van der Waals surface area contributed by atoms with Crippen molar-refractivity contribution in [1.82, 2.24) is 10.3 Å². The molecule has 28 heavy (non-hydrogen) atoms. The Hall–Kier alpha value is -2.62. The van der Waals surface area contributed by atoms with Crippen molar-refractivity contribution in [3.8, 4) is 0 Å². The average Bonchev–Trinajstić information content (AvgIpc) is 3.10.